The van der Waals surface area contributed by atoms with Crippen molar-refractivity contribution in [2.75, 3.05) is 6.54 Å². The molecule has 2 atom stereocenters. The molecule has 30 heavy (non-hydrogen) atoms. The number of rotatable bonds is 6. The van der Waals surface area contributed by atoms with Crippen LogP contribution in [0.25, 0.3) is 0 Å². The number of benzene rings is 1. The molecule has 1 saturated heterocycles. The van der Waals surface area contributed by atoms with Crippen molar-refractivity contribution in [3.63, 3.8) is 0 Å². The van der Waals surface area contributed by atoms with E-state index in [1.807, 2.05) is 12.1 Å². The van der Waals surface area contributed by atoms with Crippen LogP contribution in [0.1, 0.15) is 58.4 Å². The fourth-order valence-electron chi connectivity index (χ4n) is 5.30. The molecule has 2 unspecified atom stereocenters. The normalized spacial score (nSPS) is 26.5. The lowest BCUT2D eigenvalue weighted by Crippen LogP contribution is -2.45. The maximum Gasteiger partial charge on any atom is 0.226 e. The summed E-state index contributed by atoms with van der Waals surface area (Å²) in [6.45, 7) is 12.3. The molecule has 168 valence electrons. The number of carbonyl (C=O) groups is 1. The highest BCUT2D eigenvalue weighted by atomic mass is 35.5. The van der Waals surface area contributed by atoms with E-state index in [2.05, 4.69) is 38.8 Å². The Bertz CT molecular complexity index is 741. The minimum atomic E-state index is -1.08. The summed E-state index contributed by atoms with van der Waals surface area (Å²) in [5.74, 6) is 0.958. The number of hydrogen-bond acceptors (Lipinski definition) is 2. The fourth-order valence-corrected chi connectivity index (χ4v) is 7.00. The number of likely N-dealkylation sites (tertiary alicyclic amines) is 1. The number of nitrogens with zero attached hydrogens (tertiary/aromatic N) is 1. The van der Waals surface area contributed by atoms with Gasteiger partial charge in [0.2, 0.25) is 5.91 Å². The summed E-state index contributed by atoms with van der Waals surface area (Å²) in [5.41, 5.74) is 1.19. The van der Waals surface area contributed by atoms with Crippen molar-refractivity contribution in [2.24, 2.45) is 17.3 Å². The molecule has 0 radical (unpaired) electrons. The molecule has 1 aliphatic heterocycles. The van der Waals surface area contributed by atoms with Gasteiger partial charge in [-0.25, -0.2) is 0 Å². The minimum absolute atomic E-state index is 0.0407. The molecule has 1 aromatic rings. The molecule has 3 nitrogen and oxygen atoms in total. The van der Waals surface area contributed by atoms with Gasteiger partial charge in [-0.05, 0) is 80.6 Å². The van der Waals surface area contributed by atoms with Crippen LogP contribution in [0.4, 0.5) is 0 Å². The van der Waals surface area contributed by atoms with Crippen LogP contribution in [0.3, 0.4) is 0 Å². The Morgan fingerprint density at radius 2 is 1.80 bits per heavy atom. The first-order valence-corrected chi connectivity index (χ1v) is 15.0. The molecule has 1 amide bonds. The number of amides is 1. The van der Waals surface area contributed by atoms with Gasteiger partial charge in [0, 0.05) is 28.5 Å². The lowest BCUT2D eigenvalue weighted by molar-refractivity contribution is -0.133. The van der Waals surface area contributed by atoms with Gasteiger partial charge in [-0.3, -0.25) is 4.79 Å². The van der Waals surface area contributed by atoms with Crippen molar-refractivity contribution in [1.82, 2.24) is 4.90 Å². The fraction of sp³-hybridized carbons (Fsp3) is 0.708. The zero-order valence-electron chi connectivity index (χ0n) is 19.1. The van der Waals surface area contributed by atoms with Crippen molar-refractivity contribution in [2.45, 2.75) is 84.5 Å². The smallest absolute Gasteiger partial charge is 0.226 e. The molecule has 0 spiro atoms. The van der Waals surface area contributed by atoms with Crippen LogP contribution in [0.2, 0.25) is 23.1 Å². The molecule has 0 N–H and O–H groups in total. The van der Waals surface area contributed by atoms with E-state index in [9.17, 15) is 4.79 Å². The molecule has 6 heteroatoms. The van der Waals surface area contributed by atoms with E-state index in [-0.39, 0.29) is 11.3 Å². The van der Waals surface area contributed by atoms with Crippen LogP contribution >= 0.6 is 23.2 Å². The largest absolute Gasteiger partial charge is 0.417 e. The lowest BCUT2D eigenvalue weighted by Gasteiger charge is -2.43. The average Bonchev–Trinajstić information content (AvgIpc) is 3.02. The van der Waals surface area contributed by atoms with E-state index in [1.165, 1.54) is 0 Å². The molecule has 2 fully saturated rings. The van der Waals surface area contributed by atoms with E-state index in [1.54, 1.807) is 6.07 Å². The molecule has 3 rings (SSSR count). The van der Waals surface area contributed by atoms with Gasteiger partial charge in [-0.1, -0.05) is 50.0 Å². The van der Waals surface area contributed by atoms with E-state index >= 15 is 0 Å². The van der Waals surface area contributed by atoms with Crippen LogP contribution in [0, 0.1) is 17.3 Å². The van der Waals surface area contributed by atoms with Gasteiger partial charge in [0.1, 0.15) is 0 Å². The molecule has 1 aromatic carbocycles. The molecule has 0 bridgehead atoms. The maximum absolute atomic E-state index is 13.1. The van der Waals surface area contributed by atoms with Crippen LogP contribution < -0.4 is 0 Å². The number of hydrogen-bond donors (Lipinski definition) is 0. The Morgan fingerprint density at radius 3 is 2.37 bits per heavy atom. The highest BCUT2D eigenvalue weighted by molar-refractivity contribution is 6.48. The molecule has 0 aromatic heterocycles. The van der Waals surface area contributed by atoms with E-state index in [0.717, 1.165) is 44.2 Å². The third kappa shape index (κ3) is 5.82. The van der Waals surface area contributed by atoms with Gasteiger partial charge >= 0.3 is 0 Å². The summed E-state index contributed by atoms with van der Waals surface area (Å²) in [5, 5.41) is 1.30. The Hall–Kier alpha value is -0.553. The minimum Gasteiger partial charge on any atom is -0.417 e. The number of halogens is 2. The average molecular weight is 471 g/mol. The maximum atomic E-state index is 13.1. The van der Waals surface area contributed by atoms with Gasteiger partial charge in [0.15, 0.2) is 9.04 Å². The first-order valence-electron chi connectivity index (χ1n) is 11.5. The zero-order valence-corrected chi connectivity index (χ0v) is 21.8. The topological polar surface area (TPSA) is 29.5 Å². The molecule has 1 saturated carbocycles. The second-order valence-corrected chi connectivity index (χ2v) is 13.7. The summed E-state index contributed by atoms with van der Waals surface area (Å²) < 4.78 is 6.48. The van der Waals surface area contributed by atoms with Gasteiger partial charge < -0.3 is 9.33 Å². The third-order valence-electron chi connectivity index (χ3n) is 6.71. The van der Waals surface area contributed by atoms with Gasteiger partial charge in [-0.15, -0.1) is 0 Å². The van der Waals surface area contributed by atoms with Crippen LogP contribution in [-0.2, 0) is 15.6 Å². The zero-order chi connectivity index (χ0) is 22.1. The second kappa shape index (κ2) is 9.93. The van der Waals surface area contributed by atoms with Crippen molar-refractivity contribution in [3.05, 3.63) is 33.8 Å². The molecular weight excluding hydrogens is 433 g/mol. The summed E-state index contributed by atoms with van der Waals surface area (Å²) in [6.07, 6.45) is 6.47. The third-order valence-corrected chi connectivity index (χ3v) is 8.14. The lowest BCUT2D eigenvalue weighted by atomic mass is 9.73. The van der Waals surface area contributed by atoms with Gasteiger partial charge in [0.25, 0.3) is 0 Å². The van der Waals surface area contributed by atoms with Crippen LogP contribution in [0.15, 0.2) is 18.2 Å². The van der Waals surface area contributed by atoms with E-state index in [0.29, 0.717) is 40.4 Å². The summed E-state index contributed by atoms with van der Waals surface area (Å²) in [7, 11) is -1.08. The Kier molecular flexibility index (Phi) is 7.98. The monoisotopic (exact) mass is 469 g/mol. The molecule has 1 heterocycles. The van der Waals surface area contributed by atoms with Crippen molar-refractivity contribution < 1.29 is 9.22 Å². The highest BCUT2D eigenvalue weighted by Crippen LogP contribution is 2.40. The van der Waals surface area contributed by atoms with Crippen LogP contribution in [-0.4, -0.2) is 38.5 Å². The highest BCUT2D eigenvalue weighted by Gasteiger charge is 2.40. The molecule has 1 aliphatic carbocycles. The van der Waals surface area contributed by atoms with E-state index < -0.39 is 9.04 Å². The Labute approximate surface area is 194 Å². The van der Waals surface area contributed by atoms with Crippen molar-refractivity contribution >= 4 is 38.1 Å². The predicted molar refractivity (Wildman–Crippen MR) is 129 cm³/mol. The first kappa shape index (κ1) is 24.1. The quantitative estimate of drug-likeness (QED) is 0.453. The Balaban J connectivity index is 1.57. The van der Waals surface area contributed by atoms with Crippen molar-refractivity contribution in [1.29, 1.82) is 0 Å². The molecular formula is C24H37Cl2NO2Si. The summed E-state index contributed by atoms with van der Waals surface area (Å²) in [6, 6.07) is 5.96. The van der Waals surface area contributed by atoms with Gasteiger partial charge in [0.05, 0.1) is 6.10 Å². The first-order chi connectivity index (χ1) is 14.1. The number of carbonyl (C=O) groups excluding carboxylic acids is 1. The van der Waals surface area contributed by atoms with Crippen molar-refractivity contribution in [3.8, 4) is 0 Å². The SMILES string of the molecule is C[SiH](C)OC([C@H]1CC[C@@H](N2CCC(Cc3ccc(Cl)cc3Cl)C2=O)CC1)C(C)(C)C. The predicted octanol–water partition coefficient (Wildman–Crippen LogP) is 6.36. The summed E-state index contributed by atoms with van der Waals surface area (Å²) in [4.78, 5) is 15.3. The molecule has 2 aliphatic rings. The van der Waals surface area contributed by atoms with Crippen LogP contribution in [0.5, 0.6) is 0 Å². The standard InChI is InChI=1S/C24H37Cl2NO2Si/c1-24(2,3)22(29-30(4)5)16-7-10-20(11-8-16)27-13-12-18(23(27)28)14-17-6-9-19(25)15-21(17)26/h6,9,15-16,18,20,22,30H,7-8,10-14H2,1-5H3/t16-,18?,20+,22?. The van der Waals surface area contributed by atoms with Gasteiger partial charge in [-0.2, -0.15) is 0 Å². The summed E-state index contributed by atoms with van der Waals surface area (Å²) >= 11 is 12.4. The second-order valence-electron chi connectivity index (χ2n) is 10.5. The Morgan fingerprint density at radius 1 is 1.13 bits per heavy atom. The van der Waals surface area contributed by atoms with E-state index in [4.69, 9.17) is 27.6 Å².